The number of carbonyl (C=O) groups is 2. The molecule has 5 nitrogen and oxygen atoms in total. The van der Waals surface area contributed by atoms with Crippen molar-refractivity contribution < 1.29 is 14.3 Å². The van der Waals surface area contributed by atoms with E-state index in [0.29, 0.717) is 24.6 Å². The number of hydrogen-bond acceptors (Lipinski definition) is 3. The molecule has 2 atom stereocenters. The molecule has 0 spiro atoms. The molecule has 2 aliphatic heterocycles. The fourth-order valence-electron chi connectivity index (χ4n) is 3.72. The van der Waals surface area contributed by atoms with Gasteiger partial charge in [0.25, 0.3) is 5.91 Å². The zero-order valence-electron chi connectivity index (χ0n) is 13.0. The Kier molecular flexibility index (Phi) is 3.27. The van der Waals surface area contributed by atoms with Gasteiger partial charge in [-0.15, -0.1) is 0 Å². The number of aryl methyl sites for hydroxylation is 1. The van der Waals surface area contributed by atoms with Crippen molar-refractivity contribution >= 4 is 17.5 Å². The predicted octanol–water partition coefficient (Wildman–Crippen LogP) is 1.67. The maximum absolute atomic E-state index is 12.5. The van der Waals surface area contributed by atoms with Gasteiger partial charge in [0.2, 0.25) is 5.91 Å². The third-order valence-corrected chi connectivity index (χ3v) is 5.17. The number of carbonyl (C=O) groups excluding carboxylic acids is 2. The highest BCUT2D eigenvalue weighted by molar-refractivity contribution is 6.02. The Labute approximate surface area is 135 Å². The summed E-state index contributed by atoms with van der Waals surface area (Å²) in [5.74, 6) is 0.337. The van der Waals surface area contributed by atoms with Gasteiger partial charge < -0.3 is 15.0 Å². The molecule has 1 aromatic carbocycles. The number of fused-ring (bicyclic) bond motifs is 2. The van der Waals surface area contributed by atoms with Crippen LogP contribution in [0, 0.1) is 5.92 Å². The van der Waals surface area contributed by atoms with Crippen LogP contribution in [0.5, 0.6) is 0 Å². The second-order valence-corrected chi connectivity index (χ2v) is 6.67. The van der Waals surface area contributed by atoms with Crippen LogP contribution in [0.2, 0.25) is 0 Å². The standard InChI is InChI=1S/C18H20N2O3/c1-2-16(21)20-7-3-4-12-8-13(5-6-15(12)20)17(22)19-18-9-14(18)10-23-11-18/h2,5-6,8,14H,1,3-4,7,9-11H2,(H,19,22)/t14-,18-/m0/s1. The van der Waals surface area contributed by atoms with Gasteiger partial charge in [0.15, 0.2) is 0 Å². The van der Waals surface area contributed by atoms with Gasteiger partial charge in [-0.05, 0) is 49.1 Å². The van der Waals surface area contributed by atoms with Gasteiger partial charge >= 0.3 is 0 Å². The molecule has 2 fully saturated rings. The van der Waals surface area contributed by atoms with E-state index in [2.05, 4.69) is 11.9 Å². The highest BCUT2D eigenvalue weighted by atomic mass is 16.5. The normalized spacial score (nSPS) is 27.8. The molecule has 0 unspecified atom stereocenters. The van der Waals surface area contributed by atoms with E-state index >= 15 is 0 Å². The number of nitrogens with one attached hydrogen (secondary N) is 1. The van der Waals surface area contributed by atoms with Crippen molar-refractivity contribution in [2.24, 2.45) is 5.92 Å². The first-order chi connectivity index (χ1) is 11.1. The molecule has 1 aromatic rings. The zero-order chi connectivity index (χ0) is 16.0. The summed E-state index contributed by atoms with van der Waals surface area (Å²) < 4.78 is 5.42. The Morgan fingerprint density at radius 2 is 2.30 bits per heavy atom. The van der Waals surface area contributed by atoms with Gasteiger partial charge in [-0.1, -0.05) is 6.58 Å². The molecule has 1 saturated heterocycles. The van der Waals surface area contributed by atoms with Crippen LogP contribution in [0.3, 0.4) is 0 Å². The van der Waals surface area contributed by atoms with E-state index < -0.39 is 0 Å². The molecular weight excluding hydrogens is 292 g/mol. The molecule has 0 aromatic heterocycles. The molecule has 1 aliphatic carbocycles. The van der Waals surface area contributed by atoms with Crippen LogP contribution in [-0.2, 0) is 16.0 Å². The van der Waals surface area contributed by atoms with E-state index in [-0.39, 0.29) is 17.4 Å². The van der Waals surface area contributed by atoms with Crippen LogP contribution in [0.4, 0.5) is 5.69 Å². The highest BCUT2D eigenvalue weighted by Crippen LogP contribution is 2.48. The van der Waals surface area contributed by atoms with Crippen LogP contribution >= 0.6 is 0 Å². The Morgan fingerprint density at radius 1 is 1.43 bits per heavy atom. The van der Waals surface area contributed by atoms with Crippen LogP contribution in [0.25, 0.3) is 0 Å². The van der Waals surface area contributed by atoms with Crippen LogP contribution in [-0.4, -0.2) is 37.1 Å². The topological polar surface area (TPSA) is 58.6 Å². The highest BCUT2D eigenvalue weighted by Gasteiger charge is 2.59. The zero-order valence-corrected chi connectivity index (χ0v) is 13.0. The minimum absolute atomic E-state index is 0.0482. The van der Waals surface area contributed by atoms with E-state index in [1.165, 1.54) is 6.08 Å². The summed E-state index contributed by atoms with van der Waals surface area (Å²) in [4.78, 5) is 26.2. The average molecular weight is 312 g/mol. The number of hydrogen-bond donors (Lipinski definition) is 1. The molecule has 120 valence electrons. The fourth-order valence-corrected chi connectivity index (χ4v) is 3.72. The van der Waals surface area contributed by atoms with Crippen molar-refractivity contribution in [1.29, 1.82) is 0 Å². The molecule has 4 rings (SSSR count). The molecule has 2 heterocycles. The Hall–Kier alpha value is -2.14. The summed E-state index contributed by atoms with van der Waals surface area (Å²) in [5, 5.41) is 3.14. The van der Waals surface area contributed by atoms with E-state index in [1.807, 2.05) is 12.1 Å². The molecule has 5 heteroatoms. The molecule has 0 radical (unpaired) electrons. The summed E-state index contributed by atoms with van der Waals surface area (Å²) in [5.41, 5.74) is 2.47. The van der Waals surface area contributed by atoms with Gasteiger partial charge in [-0.25, -0.2) is 0 Å². The van der Waals surface area contributed by atoms with Crippen LogP contribution < -0.4 is 10.2 Å². The number of nitrogens with zero attached hydrogens (tertiary/aromatic N) is 1. The number of amides is 2. The number of rotatable bonds is 3. The lowest BCUT2D eigenvalue weighted by molar-refractivity contribution is -0.114. The van der Waals surface area contributed by atoms with Crippen LogP contribution in [0.15, 0.2) is 30.9 Å². The van der Waals surface area contributed by atoms with E-state index in [1.54, 1.807) is 11.0 Å². The van der Waals surface area contributed by atoms with E-state index in [0.717, 1.165) is 37.1 Å². The van der Waals surface area contributed by atoms with Gasteiger partial charge in [0, 0.05) is 23.7 Å². The third kappa shape index (κ3) is 2.36. The quantitative estimate of drug-likeness (QED) is 0.864. The van der Waals surface area contributed by atoms with Crippen molar-refractivity contribution in [3.63, 3.8) is 0 Å². The van der Waals surface area contributed by atoms with Crippen molar-refractivity contribution in [3.05, 3.63) is 42.0 Å². The average Bonchev–Trinajstić information content (AvgIpc) is 3.11. The van der Waals surface area contributed by atoms with Crippen molar-refractivity contribution in [3.8, 4) is 0 Å². The first-order valence-electron chi connectivity index (χ1n) is 8.10. The minimum atomic E-state index is -0.127. The summed E-state index contributed by atoms with van der Waals surface area (Å²) in [6, 6.07) is 5.59. The van der Waals surface area contributed by atoms with E-state index in [4.69, 9.17) is 4.74 Å². The van der Waals surface area contributed by atoms with Crippen molar-refractivity contribution in [2.45, 2.75) is 24.8 Å². The maximum atomic E-state index is 12.5. The fraction of sp³-hybridized carbons (Fsp3) is 0.444. The second kappa shape index (κ2) is 5.20. The van der Waals surface area contributed by atoms with Gasteiger partial charge in [0.1, 0.15) is 0 Å². The summed E-state index contributed by atoms with van der Waals surface area (Å²) in [6.45, 7) is 5.63. The van der Waals surface area contributed by atoms with Crippen molar-refractivity contribution in [1.82, 2.24) is 5.32 Å². The summed E-state index contributed by atoms with van der Waals surface area (Å²) in [7, 11) is 0. The van der Waals surface area contributed by atoms with Crippen LogP contribution in [0.1, 0.15) is 28.8 Å². The van der Waals surface area contributed by atoms with Gasteiger partial charge in [-0.3, -0.25) is 9.59 Å². The Bertz CT molecular complexity index is 700. The molecule has 1 N–H and O–H groups in total. The lowest BCUT2D eigenvalue weighted by Gasteiger charge is -2.29. The largest absolute Gasteiger partial charge is 0.379 e. The smallest absolute Gasteiger partial charge is 0.251 e. The summed E-state index contributed by atoms with van der Waals surface area (Å²) >= 11 is 0. The number of benzene rings is 1. The third-order valence-electron chi connectivity index (χ3n) is 5.17. The molecule has 0 bridgehead atoms. The molecule has 2 amide bonds. The number of anilines is 1. The molecular formula is C18H20N2O3. The Balaban J connectivity index is 1.56. The van der Waals surface area contributed by atoms with Gasteiger partial charge in [-0.2, -0.15) is 0 Å². The maximum Gasteiger partial charge on any atom is 0.251 e. The lowest BCUT2D eigenvalue weighted by Crippen LogP contribution is -2.39. The minimum Gasteiger partial charge on any atom is -0.379 e. The first-order valence-corrected chi connectivity index (χ1v) is 8.10. The monoisotopic (exact) mass is 312 g/mol. The predicted molar refractivity (Wildman–Crippen MR) is 86.4 cm³/mol. The SMILES string of the molecule is C=CC(=O)N1CCCc2cc(C(=O)N[C@@]34COC[C@@H]3C4)ccc21. The first kappa shape index (κ1) is 14.5. The molecule has 1 saturated carbocycles. The van der Waals surface area contributed by atoms with Gasteiger partial charge in [0.05, 0.1) is 18.8 Å². The molecule has 23 heavy (non-hydrogen) atoms. The Morgan fingerprint density at radius 3 is 3.00 bits per heavy atom. The lowest BCUT2D eigenvalue weighted by atomic mass is 9.98. The second-order valence-electron chi connectivity index (χ2n) is 6.67. The van der Waals surface area contributed by atoms with Crippen molar-refractivity contribution in [2.75, 3.05) is 24.7 Å². The molecule has 3 aliphatic rings. The number of ether oxygens (including phenoxy) is 1. The van der Waals surface area contributed by atoms with E-state index in [9.17, 15) is 9.59 Å². The summed E-state index contributed by atoms with van der Waals surface area (Å²) in [6.07, 6.45) is 4.14.